The predicted molar refractivity (Wildman–Crippen MR) is 74.9 cm³/mol. The molecule has 1 amide bonds. The predicted octanol–water partition coefficient (Wildman–Crippen LogP) is 0.296. The Morgan fingerprint density at radius 1 is 1.21 bits per heavy atom. The molecule has 0 unspecified atom stereocenters. The van der Waals surface area contributed by atoms with Crippen LogP contribution in [0.1, 0.15) is 26.2 Å². The quantitative estimate of drug-likeness (QED) is 0.797. The maximum absolute atomic E-state index is 12.7. The van der Waals surface area contributed by atoms with Gasteiger partial charge in [-0.15, -0.1) is 0 Å². The maximum Gasteiger partial charge on any atom is 0.230 e. The van der Waals surface area contributed by atoms with E-state index in [-0.39, 0.29) is 11.3 Å². The number of carbonyl (C=O) groups excluding carboxylic acids is 1. The van der Waals surface area contributed by atoms with E-state index in [1.165, 1.54) is 6.42 Å². The van der Waals surface area contributed by atoms with Crippen molar-refractivity contribution < 1.29 is 9.53 Å². The lowest BCUT2D eigenvalue weighted by molar-refractivity contribution is -0.149. The Balaban J connectivity index is 1.92. The molecule has 0 aromatic heterocycles. The van der Waals surface area contributed by atoms with Gasteiger partial charge < -0.3 is 15.4 Å². The third-order valence-electron chi connectivity index (χ3n) is 4.49. The van der Waals surface area contributed by atoms with Crippen LogP contribution < -0.4 is 5.73 Å². The molecule has 2 fully saturated rings. The number of amides is 1. The topological polar surface area (TPSA) is 58.8 Å². The highest BCUT2D eigenvalue weighted by atomic mass is 16.5. The lowest BCUT2D eigenvalue weighted by Gasteiger charge is -2.42. The average molecular weight is 269 g/mol. The fourth-order valence-corrected chi connectivity index (χ4v) is 3.09. The van der Waals surface area contributed by atoms with Crippen molar-refractivity contribution in [1.29, 1.82) is 0 Å². The van der Waals surface area contributed by atoms with E-state index in [0.29, 0.717) is 19.8 Å². The van der Waals surface area contributed by atoms with Crippen LogP contribution in [0.3, 0.4) is 0 Å². The molecule has 0 atom stereocenters. The second-order valence-electron chi connectivity index (χ2n) is 5.73. The lowest BCUT2D eigenvalue weighted by Crippen LogP contribution is -2.56. The van der Waals surface area contributed by atoms with Crippen LogP contribution in [0.4, 0.5) is 0 Å². The van der Waals surface area contributed by atoms with Gasteiger partial charge in [-0.2, -0.15) is 0 Å². The van der Waals surface area contributed by atoms with Crippen LogP contribution in [-0.2, 0) is 9.53 Å². The molecule has 0 spiro atoms. The monoisotopic (exact) mass is 269 g/mol. The van der Waals surface area contributed by atoms with E-state index in [0.717, 1.165) is 45.6 Å². The minimum atomic E-state index is -0.356. The second kappa shape index (κ2) is 6.68. The van der Waals surface area contributed by atoms with Crippen molar-refractivity contribution in [2.45, 2.75) is 26.2 Å². The Bertz CT molecular complexity index is 295. The van der Waals surface area contributed by atoms with Gasteiger partial charge in [-0.05, 0) is 25.8 Å². The van der Waals surface area contributed by atoms with Crippen molar-refractivity contribution in [3.63, 3.8) is 0 Å². The smallest absolute Gasteiger partial charge is 0.230 e. The summed E-state index contributed by atoms with van der Waals surface area (Å²) in [6, 6.07) is 0. The van der Waals surface area contributed by atoms with Gasteiger partial charge >= 0.3 is 0 Å². The van der Waals surface area contributed by atoms with Gasteiger partial charge in [0, 0.05) is 45.9 Å². The van der Waals surface area contributed by atoms with Gasteiger partial charge in [-0.1, -0.05) is 6.92 Å². The zero-order valence-electron chi connectivity index (χ0n) is 12.1. The Morgan fingerprint density at radius 3 is 2.37 bits per heavy atom. The van der Waals surface area contributed by atoms with Gasteiger partial charge in [0.25, 0.3) is 0 Å². The summed E-state index contributed by atoms with van der Waals surface area (Å²) in [6.45, 7) is 8.80. The molecule has 2 aliphatic heterocycles. The SMILES string of the molecule is CCCN1CCN(C(=O)C2(CN)CCOCC2)CC1. The summed E-state index contributed by atoms with van der Waals surface area (Å²) in [5, 5.41) is 0. The first-order chi connectivity index (χ1) is 9.22. The molecule has 2 N–H and O–H groups in total. The van der Waals surface area contributed by atoms with Crippen molar-refractivity contribution in [3.8, 4) is 0 Å². The number of rotatable bonds is 4. The molecule has 0 aromatic rings. The molecule has 0 bridgehead atoms. The number of nitrogens with two attached hydrogens (primary N) is 1. The van der Waals surface area contributed by atoms with Crippen LogP contribution in [0.15, 0.2) is 0 Å². The summed E-state index contributed by atoms with van der Waals surface area (Å²) in [5.41, 5.74) is 5.55. The van der Waals surface area contributed by atoms with E-state index in [1.54, 1.807) is 0 Å². The molecule has 0 radical (unpaired) electrons. The third kappa shape index (κ3) is 3.27. The van der Waals surface area contributed by atoms with Gasteiger partial charge in [0.05, 0.1) is 5.41 Å². The van der Waals surface area contributed by atoms with E-state index in [1.807, 2.05) is 4.90 Å². The van der Waals surface area contributed by atoms with Crippen LogP contribution >= 0.6 is 0 Å². The second-order valence-corrected chi connectivity index (χ2v) is 5.73. The van der Waals surface area contributed by atoms with Crippen molar-refractivity contribution in [2.24, 2.45) is 11.1 Å². The first kappa shape index (κ1) is 14.8. The summed E-state index contributed by atoms with van der Waals surface area (Å²) >= 11 is 0. The van der Waals surface area contributed by atoms with E-state index < -0.39 is 0 Å². The molecule has 2 rings (SSSR count). The van der Waals surface area contributed by atoms with Gasteiger partial charge in [-0.3, -0.25) is 9.69 Å². The summed E-state index contributed by atoms with van der Waals surface area (Å²) < 4.78 is 5.38. The molecule has 19 heavy (non-hydrogen) atoms. The minimum Gasteiger partial charge on any atom is -0.381 e. The molecule has 0 aliphatic carbocycles. The standard InChI is InChI=1S/C14H27N3O2/c1-2-5-16-6-8-17(9-7-16)13(18)14(12-15)3-10-19-11-4-14/h2-12,15H2,1H3. The van der Waals surface area contributed by atoms with Crippen molar-refractivity contribution in [1.82, 2.24) is 9.80 Å². The molecule has 0 saturated carbocycles. The summed E-state index contributed by atoms with van der Waals surface area (Å²) in [5.74, 6) is 0.259. The Morgan fingerprint density at radius 2 is 1.84 bits per heavy atom. The van der Waals surface area contributed by atoms with Crippen LogP contribution in [0, 0.1) is 5.41 Å². The summed E-state index contributed by atoms with van der Waals surface area (Å²) in [4.78, 5) is 17.2. The molecule has 2 heterocycles. The Labute approximate surface area is 116 Å². The highest BCUT2D eigenvalue weighted by molar-refractivity contribution is 5.83. The van der Waals surface area contributed by atoms with E-state index in [9.17, 15) is 4.79 Å². The van der Waals surface area contributed by atoms with Crippen LogP contribution in [0.2, 0.25) is 0 Å². The van der Waals surface area contributed by atoms with E-state index in [2.05, 4.69) is 11.8 Å². The molecule has 5 nitrogen and oxygen atoms in total. The average Bonchev–Trinajstić information content (AvgIpc) is 2.48. The Kier molecular flexibility index (Phi) is 5.19. The summed E-state index contributed by atoms with van der Waals surface area (Å²) in [7, 11) is 0. The highest BCUT2D eigenvalue weighted by Crippen LogP contribution is 2.32. The summed E-state index contributed by atoms with van der Waals surface area (Å²) in [6.07, 6.45) is 2.73. The van der Waals surface area contributed by atoms with E-state index >= 15 is 0 Å². The number of nitrogens with zero attached hydrogens (tertiary/aromatic N) is 2. The van der Waals surface area contributed by atoms with E-state index in [4.69, 9.17) is 10.5 Å². The van der Waals surface area contributed by atoms with Crippen LogP contribution in [0.5, 0.6) is 0 Å². The number of hydrogen-bond acceptors (Lipinski definition) is 4. The minimum absolute atomic E-state index is 0.259. The molecular weight excluding hydrogens is 242 g/mol. The van der Waals surface area contributed by atoms with Crippen molar-refractivity contribution in [2.75, 3.05) is 52.5 Å². The van der Waals surface area contributed by atoms with Gasteiger partial charge in [0.1, 0.15) is 0 Å². The van der Waals surface area contributed by atoms with Gasteiger partial charge in [0.2, 0.25) is 5.91 Å². The number of carbonyl (C=O) groups is 1. The van der Waals surface area contributed by atoms with Crippen molar-refractivity contribution in [3.05, 3.63) is 0 Å². The fourth-order valence-electron chi connectivity index (χ4n) is 3.09. The van der Waals surface area contributed by atoms with Crippen LogP contribution in [0.25, 0.3) is 0 Å². The molecule has 2 aliphatic rings. The van der Waals surface area contributed by atoms with Crippen molar-refractivity contribution >= 4 is 5.91 Å². The zero-order valence-corrected chi connectivity index (χ0v) is 12.1. The molecule has 110 valence electrons. The Hall–Kier alpha value is -0.650. The van der Waals surface area contributed by atoms with Gasteiger partial charge in [-0.25, -0.2) is 0 Å². The normalized spacial score (nSPS) is 24.4. The van der Waals surface area contributed by atoms with Gasteiger partial charge in [0.15, 0.2) is 0 Å². The first-order valence-electron chi connectivity index (χ1n) is 7.51. The number of piperazine rings is 1. The molecule has 2 saturated heterocycles. The molecular formula is C14H27N3O2. The third-order valence-corrected chi connectivity index (χ3v) is 4.49. The number of ether oxygens (including phenoxy) is 1. The zero-order chi connectivity index (χ0) is 13.7. The highest BCUT2D eigenvalue weighted by Gasteiger charge is 2.41. The maximum atomic E-state index is 12.7. The van der Waals surface area contributed by atoms with Crippen LogP contribution in [-0.4, -0.2) is 68.2 Å². The lowest BCUT2D eigenvalue weighted by atomic mass is 9.78. The number of hydrogen-bond donors (Lipinski definition) is 1. The molecule has 5 heteroatoms. The first-order valence-corrected chi connectivity index (χ1v) is 7.51. The molecule has 0 aromatic carbocycles. The largest absolute Gasteiger partial charge is 0.381 e. The fraction of sp³-hybridized carbons (Fsp3) is 0.929.